The van der Waals surface area contributed by atoms with Crippen LogP contribution >= 0.6 is 0 Å². The van der Waals surface area contributed by atoms with Gasteiger partial charge in [0.1, 0.15) is 5.82 Å². The molecule has 2 aromatic rings. The lowest BCUT2D eigenvalue weighted by Crippen LogP contribution is -2.30. The smallest absolute Gasteiger partial charge is 0.338 e. The van der Waals surface area contributed by atoms with E-state index in [4.69, 9.17) is 10.5 Å². The second-order valence-electron chi connectivity index (χ2n) is 5.55. The SMILES string of the molecule is Cc1ccc(S(=O)(=O)Nc2cccc(C(=O)O[C@H](C)C(N)=O)c2)cc1F. The maximum atomic E-state index is 13.6. The zero-order valence-electron chi connectivity index (χ0n) is 14.0. The van der Waals surface area contributed by atoms with Gasteiger partial charge in [0.25, 0.3) is 15.9 Å². The number of hydrogen-bond acceptors (Lipinski definition) is 5. The lowest BCUT2D eigenvalue weighted by atomic mass is 10.2. The molecule has 0 fully saturated rings. The third-order valence-corrected chi connectivity index (χ3v) is 4.87. The van der Waals surface area contributed by atoms with E-state index in [1.807, 2.05) is 0 Å². The highest BCUT2D eigenvalue weighted by molar-refractivity contribution is 7.92. The van der Waals surface area contributed by atoms with Crippen molar-refractivity contribution < 1.29 is 27.1 Å². The van der Waals surface area contributed by atoms with Crippen molar-refractivity contribution in [2.75, 3.05) is 4.72 Å². The predicted molar refractivity (Wildman–Crippen MR) is 92.5 cm³/mol. The van der Waals surface area contributed by atoms with Crippen molar-refractivity contribution in [3.05, 3.63) is 59.4 Å². The summed E-state index contributed by atoms with van der Waals surface area (Å²) in [5.41, 5.74) is 5.44. The zero-order valence-corrected chi connectivity index (χ0v) is 14.8. The van der Waals surface area contributed by atoms with Crippen LogP contribution in [-0.2, 0) is 19.6 Å². The van der Waals surface area contributed by atoms with Crippen LogP contribution in [0.2, 0.25) is 0 Å². The first kappa shape index (κ1) is 19.4. The first-order valence-corrected chi connectivity index (χ1v) is 8.98. The summed E-state index contributed by atoms with van der Waals surface area (Å²) in [5.74, 6) is -2.29. The van der Waals surface area contributed by atoms with Crippen LogP contribution in [0.4, 0.5) is 10.1 Å². The number of benzene rings is 2. The third kappa shape index (κ3) is 4.57. The van der Waals surface area contributed by atoms with Gasteiger partial charge in [-0.2, -0.15) is 0 Å². The Bertz CT molecular complexity index is 959. The van der Waals surface area contributed by atoms with Gasteiger partial charge in [-0.15, -0.1) is 0 Å². The van der Waals surface area contributed by atoms with Crippen LogP contribution in [-0.4, -0.2) is 26.4 Å². The van der Waals surface area contributed by atoms with Gasteiger partial charge in [-0.3, -0.25) is 9.52 Å². The fraction of sp³-hybridized carbons (Fsp3) is 0.176. The normalized spacial score (nSPS) is 12.3. The fourth-order valence-electron chi connectivity index (χ4n) is 1.95. The summed E-state index contributed by atoms with van der Waals surface area (Å²) < 4.78 is 45.4. The molecular weight excluding hydrogens is 363 g/mol. The second kappa shape index (κ2) is 7.52. The number of esters is 1. The van der Waals surface area contributed by atoms with Crippen molar-refractivity contribution in [2.45, 2.75) is 24.8 Å². The molecule has 1 amide bonds. The number of nitrogens with two attached hydrogens (primary N) is 1. The molecule has 0 aliphatic carbocycles. The summed E-state index contributed by atoms with van der Waals surface area (Å²) in [7, 11) is -4.05. The van der Waals surface area contributed by atoms with Crippen molar-refractivity contribution in [1.29, 1.82) is 0 Å². The first-order chi connectivity index (χ1) is 12.1. The molecule has 0 bridgehead atoms. The minimum absolute atomic E-state index is 0.0217. The molecule has 0 aromatic heterocycles. The Hall–Kier alpha value is -2.94. The van der Waals surface area contributed by atoms with Gasteiger partial charge in [0.2, 0.25) is 0 Å². The molecule has 9 heteroatoms. The number of carbonyl (C=O) groups excluding carboxylic acids is 2. The second-order valence-corrected chi connectivity index (χ2v) is 7.23. The lowest BCUT2D eigenvalue weighted by molar-refractivity contribution is -0.125. The number of nitrogens with one attached hydrogen (secondary N) is 1. The molecule has 2 aromatic carbocycles. The predicted octanol–water partition coefficient (Wildman–Crippen LogP) is 1.97. The van der Waals surface area contributed by atoms with E-state index in [1.54, 1.807) is 0 Å². The lowest BCUT2D eigenvalue weighted by Gasteiger charge is -2.12. The summed E-state index contributed by atoms with van der Waals surface area (Å²) in [6, 6.07) is 8.99. The summed E-state index contributed by atoms with van der Waals surface area (Å²) in [5, 5.41) is 0. The van der Waals surface area contributed by atoms with Gasteiger partial charge in [-0.05, 0) is 49.7 Å². The molecule has 7 nitrogen and oxygen atoms in total. The van der Waals surface area contributed by atoms with Gasteiger partial charge in [0, 0.05) is 5.69 Å². The third-order valence-electron chi connectivity index (χ3n) is 3.49. The summed E-state index contributed by atoms with van der Waals surface area (Å²) in [4.78, 5) is 22.7. The number of halogens is 1. The van der Waals surface area contributed by atoms with Crippen molar-refractivity contribution in [2.24, 2.45) is 5.73 Å². The Kier molecular flexibility index (Phi) is 5.61. The van der Waals surface area contributed by atoms with Gasteiger partial charge < -0.3 is 10.5 Å². The van der Waals surface area contributed by atoms with Crippen molar-refractivity contribution in [3.8, 4) is 0 Å². The van der Waals surface area contributed by atoms with Crippen LogP contribution in [0.1, 0.15) is 22.8 Å². The molecule has 0 saturated carbocycles. The van der Waals surface area contributed by atoms with E-state index < -0.39 is 33.8 Å². The van der Waals surface area contributed by atoms with E-state index >= 15 is 0 Å². The molecule has 1 atom stereocenters. The molecule has 3 N–H and O–H groups in total. The van der Waals surface area contributed by atoms with Crippen molar-refractivity contribution >= 4 is 27.6 Å². The van der Waals surface area contributed by atoms with E-state index in [-0.39, 0.29) is 16.1 Å². The molecular formula is C17H17FN2O5S. The Balaban J connectivity index is 2.23. The Morgan fingerprint density at radius 2 is 1.88 bits per heavy atom. The van der Waals surface area contributed by atoms with Crippen molar-refractivity contribution in [3.63, 3.8) is 0 Å². The molecule has 0 saturated heterocycles. The summed E-state index contributed by atoms with van der Waals surface area (Å²) in [6.45, 7) is 2.83. The highest BCUT2D eigenvalue weighted by Crippen LogP contribution is 2.20. The number of primary amides is 1. The Morgan fingerprint density at radius 3 is 2.50 bits per heavy atom. The fourth-order valence-corrected chi connectivity index (χ4v) is 3.01. The standard InChI is InChI=1S/C17H17FN2O5S/c1-10-6-7-14(9-15(10)18)26(23,24)20-13-5-3-4-12(8-13)17(22)25-11(2)16(19)21/h3-9,11,20H,1-2H3,(H2,19,21)/t11-/m1/s1. The van der Waals surface area contributed by atoms with E-state index in [2.05, 4.69) is 4.72 Å². The molecule has 26 heavy (non-hydrogen) atoms. The zero-order chi connectivity index (χ0) is 19.5. The van der Waals surface area contributed by atoms with Gasteiger partial charge in [0.05, 0.1) is 10.5 Å². The monoisotopic (exact) mass is 380 g/mol. The largest absolute Gasteiger partial charge is 0.449 e. The van der Waals surface area contributed by atoms with E-state index in [9.17, 15) is 22.4 Å². The minimum Gasteiger partial charge on any atom is -0.449 e. The molecule has 0 heterocycles. The van der Waals surface area contributed by atoms with Crippen LogP contribution < -0.4 is 10.5 Å². The Labute approximate surface area is 150 Å². The van der Waals surface area contributed by atoms with E-state index in [0.717, 1.165) is 6.07 Å². The van der Waals surface area contributed by atoms with E-state index in [0.29, 0.717) is 5.56 Å². The molecule has 2 rings (SSSR count). The average Bonchev–Trinajstić information content (AvgIpc) is 2.56. The molecule has 0 unspecified atom stereocenters. The minimum atomic E-state index is -4.05. The number of hydrogen-bond donors (Lipinski definition) is 2. The van der Waals surface area contributed by atoms with Crippen LogP contribution in [0.15, 0.2) is 47.4 Å². The highest BCUT2D eigenvalue weighted by atomic mass is 32.2. The van der Waals surface area contributed by atoms with Gasteiger partial charge in [-0.25, -0.2) is 17.6 Å². The molecule has 0 spiro atoms. The maximum Gasteiger partial charge on any atom is 0.338 e. The summed E-state index contributed by atoms with van der Waals surface area (Å²) >= 11 is 0. The van der Waals surface area contributed by atoms with Crippen LogP contribution in [0.5, 0.6) is 0 Å². The van der Waals surface area contributed by atoms with Gasteiger partial charge in [-0.1, -0.05) is 12.1 Å². The maximum absolute atomic E-state index is 13.6. The number of rotatable bonds is 6. The number of carbonyl (C=O) groups is 2. The van der Waals surface area contributed by atoms with Gasteiger partial charge in [0.15, 0.2) is 6.10 Å². The number of amides is 1. The Morgan fingerprint density at radius 1 is 1.19 bits per heavy atom. The van der Waals surface area contributed by atoms with Crippen LogP contribution in [0.25, 0.3) is 0 Å². The topological polar surface area (TPSA) is 116 Å². The van der Waals surface area contributed by atoms with E-state index in [1.165, 1.54) is 50.2 Å². The molecule has 0 aliphatic heterocycles. The number of sulfonamides is 1. The summed E-state index contributed by atoms with van der Waals surface area (Å²) in [6.07, 6.45) is -1.13. The van der Waals surface area contributed by atoms with Gasteiger partial charge >= 0.3 is 5.97 Å². The molecule has 138 valence electrons. The van der Waals surface area contributed by atoms with Crippen LogP contribution in [0.3, 0.4) is 0 Å². The molecule has 0 aliphatic rings. The first-order valence-electron chi connectivity index (χ1n) is 7.49. The number of aryl methyl sites for hydroxylation is 1. The highest BCUT2D eigenvalue weighted by Gasteiger charge is 2.19. The number of anilines is 1. The van der Waals surface area contributed by atoms with Crippen LogP contribution in [0, 0.1) is 12.7 Å². The van der Waals surface area contributed by atoms with Crippen molar-refractivity contribution in [1.82, 2.24) is 0 Å². The number of ether oxygens (including phenoxy) is 1. The molecule has 0 radical (unpaired) electrons. The average molecular weight is 380 g/mol. The quantitative estimate of drug-likeness (QED) is 0.744.